The van der Waals surface area contributed by atoms with E-state index in [1.165, 1.54) is 0 Å². The van der Waals surface area contributed by atoms with Crippen LogP contribution in [-0.2, 0) is 0 Å². The number of aromatic nitrogens is 1. The molecule has 1 aromatic rings. The van der Waals surface area contributed by atoms with Crippen LogP contribution in [0.3, 0.4) is 0 Å². The Hall–Kier alpha value is -1.09. The molecule has 72 valence electrons. The Bertz CT molecular complexity index is 268. The summed E-state index contributed by atoms with van der Waals surface area (Å²) in [5.74, 6) is 1.61. The molecule has 3 heteroatoms. The van der Waals surface area contributed by atoms with Crippen LogP contribution in [-0.4, -0.2) is 11.5 Å². The molecule has 0 radical (unpaired) electrons. The van der Waals surface area contributed by atoms with Crippen molar-refractivity contribution in [2.24, 2.45) is 0 Å². The summed E-state index contributed by atoms with van der Waals surface area (Å²) in [6.07, 6.45) is 4.59. The van der Waals surface area contributed by atoms with Crippen LogP contribution in [0.25, 0.3) is 0 Å². The van der Waals surface area contributed by atoms with E-state index in [4.69, 9.17) is 4.42 Å². The lowest BCUT2D eigenvalue weighted by atomic mass is 10.3. The van der Waals surface area contributed by atoms with Crippen LogP contribution in [0.2, 0.25) is 0 Å². The van der Waals surface area contributed by atoms with Gasteiger partial charge in [-0.05, 0) is 26.8 Å². The van der Waals surface area contributed by atoms with Crippen LogP contribution < -0.4 is 5.32 Å². The Kier molecular flexibility index (Phi) is 3.71. The number of nitrogens with zero attached hydrogens (tertiary/aromatic N) is 1. The van der Waals surface area contributed by atoms with Gasteiger partial charge in [0.05, 0.1) is 12.2 Å². The van der Waals surface area contributed by atoms with Gasteiger partial charge in [0.2, 0.25) is 5.89 Å². The molecule has 0 aliphatic carbocycles. The maximum Gasteiger partial charge on any atom is 0.211 e. The van der Waals surface area contributed by atoms with Gasteiger partial charge in [-0.25, -0.2) is 4.98 Å². The molecule has 0 aromatic carbocycles. The Morgan fingerprint density at radius 2 is 2.54 bits per heavy atom. The van der Waals surface area contributed by atoms with E-state index in [9.17, 15) is 0 Å². The zero-order valence-electron chi connectivity index (χ0n) is 8.21. The number of rotatable bonds is 5. The van der Waals surface area contributed by atoms with E-state index < -0.39 is 0 Å². The molecule has 13 heavy (non-hydrogen) atoms. The van der Waals surface area contributed by atoms with E-state index in [1.54, 1.807) is 6.20 Å². The Balaban J connectivity index is 2.39. The van der Waals surface area contributed by atoms with Crippen molar-refractivity contribution in [3.63, 3.8) is 0 Å². The summed E-state index contributed by atoms with van der Waals surface area (Å²) in [4.78, 5) is 4.14. The van der Waals surface area contributed by atoms with Crippen molar-refractivity contribution in [3.05, 3.63) is 30.5 Å². The lowest BCUT2D eigenvalue weighted by Gasteiger charge is -2.08. The maximum atomic E-state index is 5.38. The van der Waals surface area contributed by atoms with Gasteiger partial charge in [-0.15, -0.1) is 6.58 Å². The van der Waals surface area contributed by atoms with Gasteiger partial charge >= 0.3 is 0 Å². The van der Waals surface area contributed by atoms with E-state index in [0.717, 1.165) is 24.6 Å². The quantitative estimate of drug-likeness (QED) is 0.557. The van der Waals surface area contributed by atoms with Crippen LogP contribution in [0.5, 0.6) is 0 Å². The third-order valence-electron chi connectivity index (χ3n) is 1.81. The molecule has 0 bridgehead atoms. The van der Waals surface area contributed by atoms with E-state index in [0.29, 0.717) is 0 Å². The zero-order valence-corrected chi connectivity index (χ0v) is 8.21. The molecule has 3 nitrogen and oxygen atoms in total. The highest BCUT2D eigenvalue weighted by Crippen LogP contribution is 2.11. The predicted octanol–water partition coefficient (Wildman–Crippen LogP) is 2.21. The van der Waals surface area contributed by atoms with Crippen LogP contribution in [0, 0.1) is 6.92 Å². The van der Waals surface area contributed by atoms with Gasteiger partial charge in [0.15, 0.2) is 0 Å². The topological polar surface area (TPSA) is 38.1 Å². The van der Waals surface area contributed by atoms with E-state index in [-0.39, 0.29) is 6.04 Å². The second kappa shape index (κ2) is 4.82. The molecule has 0 fully saturated rings. The smallest absolute Gasteiger partial charge is 0.211 e. The lowest BCUT2D eigenvalue weighted by molar-refractivity contribution is 0.405. The van der Waals surface area contributed by atoms with Gasteiger partial charge in [0, 0.05) is 0 Å². The predicted molar refractivity (Wildman–Crippen MR) is 52.5 cm³/mol. The molecule has 0 saturated carbocycles. The van der Waals surface area contributed by atoms with Crippen LogP contribution in [0.1, 0.15) is 31.0 Å². The fourth-order valence-corrected chi connectivity index (χ4v) is 1.06. The molecule has 1 atom stereocenters. The Labute approximate surface area is 78.9 Å². The molecule has 0 aliphatic heterocycles. The van der Waals surface area contributed by atoms with Crippen molar-refractivity contribution in [3.8, 4) is 0 Å². The SMILES string of the molecule is C=CCCNC(C)c1ncc(C)o1. The molecule has 1 rings (SSSR count). The van der Waals surface area contributed by atoms with Crippen molar-refractivity contribution >= 4 is 0 Å². The molecule has 0 spiro atoms. The van der Waals surface area contributed by atoms with Crippen LogP contribution >= 0.6 is 0 Å². The molecule has 1 heterocycles. The number of nitrogens with one attached hydrogen (secondary N) is 1. The van der Waals surface area contributed by atoms with Crippen LogP contribution in [0.15, 0.2) is 23.3 Å². The molecule has 0 aliphatic rings. The average Bonchev–Trinajstić information content (AvgIpc) is 2.52. The molecular weight excluding hydrogens is 164 g/mol. The number of hydrogen-bond acceptors (Lipinski definition) is 3. The fourth-order valence-electron chi connectivity index (χ4n) is 1.06. The van der Waals surface area contributed by atoms with Crippen LogP contribution in [0.4, 0.5) is 0 Å². The third-order valence-corrected chi connectivity index (χ3v) is 1.81. The first-order valence-electron chi connectivity index (χ1n) is 4.50. The minimum atomic E-state index is 0.175. The minimum absolute atomic E-state index is 0.175. The molecule has 1 unspecified atom stereocenters. The van der Waals surface area contributed by atoms with E-state index >= 15 is 0 Å². The van der Waals surface area contributed by atoms with Crippen molar-refractivity contribution in [2.45, 2.75) is 26.3 Å². The summed E-state index contributed by atoms with van der Waals surface area (Å²) in [6.45, 7) is 8.50. The van der Waals surface area contributed by atoms with Crippen molar-refractivity contribution in [1.82, 2.24) is 10.3 Å². The summed E-state index contributed by atoms with van der Waals surface area (Å²) < 4.78 is 5.38. The zero-order chi connectivity index (χ0) is 9.68. The first kappa shape index (κ1) is 9.99. The van der Waals surface area contributed by atoms with E-state index in [1.807, 2.05) is 19.9 Å². The van der Waals surface area contributed by atoms with Gasteiger partial charge in [0.25, 0.3) is 0 Å². The highest BCUT2D eigenvalue weighted by Gasteiger charge is 2.09. The normalized spacial score (nSPS) is 12.8. The van der Waals surface area contributed by atoms with Gasteiger partial charge in [-0.1, -0.05) is 6.08 Å². The maximum absolute atomic E-state index is 5.38. The summed E-state index contributed by atoms with van der Waals surface area (Å²) >= 11 is 0. The number of aryl methyl sites for hydroxylation is 1. The summed E-state index contributed by atoms with van der Waals surface area (Å²) in [6, 6.07) is 0.175. The molecule has 0 amide bonds. The van der Waals surface area contributed by atoms with Gasteiger partial charge < -0.3 is 9.73 Å². The molecule has 1 aromatic heterocycles. The van der Waals surface area contributed by atoms with Gasteiger partial charge in [-0.3, -0.25) is 0 Å². The van der Waals surface area contributed by atoms with Crippen molar-refractivity contribution in [1.29, 1.82) is 0 Å². The summed E-state index contributed by atoms with van der Waals surface area (Å²) in [5.41, 5.74) is 0. The Morgan fingerprint density at radius 1 is 1.77 bits per heavy atom. The van der Waals surface area contributed by atoms with Crippen molar-refractivity contribution in [2.75, 3.05) is 6.54 Å². The van der Waals surface area contributed by atoms with Gasteiger partial charge in [0.1, 0.15) is 5.76 Å². The highest BCUT2D eigenvalue weighted by molar-refractivity contribution is 4.94. The van der Waals surface area contributed by atoms with Crippen molar-refractivity contribution < 1.29 is 4.42 Å². The Morgan fingerprint density at radius 3 is 3.08 bits per heavy atom. The second-order valence-electron chi connectivity index (χ2n) is 3.06. The lowest BCUT2D eigenvalue weighted by Crippen LogP contribution is -2.19. The first-order valence-corrected chi connectivity index (χ1v) is 4.50. The molecule has 0 saturated heterocycles. The van der Waals surface area contributed by atoms with Gasteiger partial charge in [-0.2, -0.15) is 0 Å². The first-order chi connectivity index (χ1) is 6.24. The number of hydrogen-bond donors (Lipinski definition) is 1. The fraction of sp³-hybridized carbons (Fsp3) is 0.500. The summed E-state index contributed by atoms with van der Waals surface area (Å²) in [7, 11) is 0. The minimum Gasteiger partial charge on any atom is -0.444 e. The third kappa shape index (κ3) is 3.03. The largest absolute Gasteiger partial charge is 0.444 e. The highest BCUT2D eigenvalue weighted by atomic mass is 16.4. The standard InChI is InChI=1S/C10H16N2O/c1-4-5-6-11-9(3)10-12-7-8(2)13-10/h4,7,9,11H,1,5-6H2,2-3H3. The second-order valence-corrected chi connectivity index (χ2v) is 3.06. The average molecular weight is 180 g/mol. The monoisotopic (exact) mass is 180 g/mol. The number of oxazole rings is 1. The van der Waals surface area contributed by atoms with E-state index in [2.05, 4.69) is 16.9 Å². The summed E-state index contributed by atoms with van der Waals surface area (Å²) in [5, 5.41) is 3.29. The molecule has 1 N–H and O–H groups in total. The molecular formula is C10H16N2O.